The smallest absolute Gasteiger partial charge is 0.216 e. The molecule has 0 unspecified atom stereocenters. The molecule has 8 heteroatoms. The van der Waals surface area contributed by atoms with Crippen molar-refractivity contribution in [2.75, 3.05) is 0 Å². The van der Waals surface area contributed by atoms with Gasteiger partial charge in [-0.3, -0.25) is 0 Å². The third kappa shape index (κ3) is 3.10. The van der Waals surface area contributed by atoms with E-state index in [4.69, 9.17) is 0 Å². The van der Waals surface area contributed by atoms with Crippen LogP contribution in [0.5, 0.6) is 0 Å². The van der Waals surface area contributed by atoms with Gasteiger partial charge in [0, 0.05) is 17.1 Å². The Balaban J connectivity index is 1.89. The fraction of sp³-hybridized carbons (Fsp3) is 0.312. The summed E-state index contributed by atoms with van der Waals surface area (Å²) in [7, 11) is 0. The van der Waals surface area contributed by atoms with E-state index in [-0.39, 0.29) is 11.3 Å². The lowest BCUT2D eigenvalue weighted by Gasteiger charge is -2.11. The summed E-state index contributed by atoms with van der Waals surface area (Å²) in [5.74, 6) is 0.603. The Kier molecular flexibility index (Phi) is 4.25. The largest absolute Gasteiger partial charge is 0.416 e. The first-order chi connectivity index (χ1) is 11.3. The van der Waals surface area contributed by atoms with Gasteiger partial charge >= 0.3 is 6.18 Å². The van der Waals surface area contributed by atoms with Crippen molar-refractivity contribution >= 4 is 17.5 Å². The van der Waals surface area contributed by atoms with Crippen molar-refractivity contribution in [1.82, 2.24) is 19.6 Å². The molecule has 3 rings (SSSR count). The van der Waals surface area contributed by atoms with Crippen LogP contribution in [-0.4, -0.2) is 19.6 Å². The van der Waals surface area contributed by atoms with E-state index in [9.17, 15) is 13.2 Å². The second kappa shape index (κ2) is 6.08. The topological polar surface area (TPSA) is 43.1 Å². The number of benzene rings is 1. The molecule has 1 aromatic carbocycles. The van der Waals surface area contributed by atoms with Crippen LogP contribution in [0.2, 0.25) is 0 Å². The van der Waals surface area contributed by atoms with Crippen LogP contribution in [0.3, 0.4) is 0 Å². The third-order valence-electron chi connectivity index (χ3n) is 3.92. The summed E-state index contributed by atoms with van der Waals surface area (Å²) < 4.78 is 40.7. The van der Waals surface area contributed by atoms with Crippen LogP contribution in [-0.2, 0) is 11.9 Å². The van der Waals surface area contributed by atoms with Crippen molar-refractivity contribution in [1.29, 1.82) is 0 Å². The van der Waals surface area contributed by atoms with Crippen LogP contribution in [0.15, 0.2) is 29.4 Å². The van der Waals surface area contributed by atoms with Crippen LogP contribution in [0.25, 0.3) is 5.78 Å². The molecule has 0 atom stereocenters. The van der Waals surface area contributed by atoms with Gasteiger partial charge < -0.3 is 0 Å². The zero-order chi connectivity index (χ0) is 17.5. The summed E-state index contributed by atoms with van der Waals surface area (Å²) in [6.45, 7) is 5.76. The molecule has 126 valence electrons. The van der Waals surface area contributed by atoms with Crippen molar-refractivity contribution in [3.63, 3.8) is 0 Å². The first-order valence-corrected chi connectivity index (χ1v) is 8.24. The zero-order valence-electron chi connectivity index (χ0n) is 13.3. The van der Waals surface area contributed by atoms with Crippen LogP contribution in [0, 0.1) is 20.8 Å². The molecule has 2 heterocycles. The van der Waals surface area contributed by atoms with Gasteiger partial charge in [-0.25, -0.2) is 9.50 Å². The van der Waals surface area contributed by atoms with E-state index >= 15 is 0 Å². The summed E-state index contributed by atoms with van der Waals surface area (Å²) in [6.07, 6.45) is -4.37. The quantitative estimate of drug-likeness (QED) is 0.657. The van der Waals surface area contributed by atoms with Gasteiger partial charge in [0.15, 0.2) is 0 Å². The number of alkyl halides is 3. The highest BCUT2D eigenvalue weighted by atomic mass is 32.2. The van der Waals surface area contributed by atoms with Gasteiger partial charge in [0.05, 0.1) is 5.56 Å². The molecule has 0 N–H and O–H groups in total. The maximum Gasteiger partial charge on any atom is 0.416 e. The standard InChI is InChI=1S/C16H15F3N4S/c1-9-10(2)20-14-21-15(22-23(14)11(9)3)24-8-12-6-4-5-7-13(12)16(17,18)19/h4-7H,8H2,1-3H3. The molecule has 0 aliphatic heterocycles. The van der Waals surface area contributed by atoms with E-state index in [0.29, 0.717) is 10.9 Å². The molecule has 0 aliphatic rings. The predicted octanol–water partition coefficient (Wildman–Crippen LogP) is 4.36. The fourth-order valence-corrected chi connectivity index (χ4v) is 3.19. The number of thioether (sulfide) groups is 1. The Labute approximate surface area is 141 Å². The van der Waals surface area contributed by atoms with E-state index in [1.165, 1.54) is 23.9 Å². The fourth-order valence-electron chi connectivity index (χ4n) is 2.36. The number of aryl methyl sites for hydroxylation is 2. The molecular formula is C16H15F3N4S. The van der Waals surface area contributed by atoms with Crippen LogP contribution >= 0.6 is 11.8 Å². The number of fused-ring (bicyclic) bond motifs is 1. The molecule has 4 nitrogen and oxygen atoms in total. The maximum absolute atomic E-state index is 13.0. The lowest BCUT2D eigenvalue weighted by molar-refractivity contribution is -0.138. The Morgan fingerprint density at radius 3 is 2.50 bits per heavy atom. The molecule has 2 aromatic heterocycles. The van der Waals surface area contributed by atoms with E-state index < -0.39 is 11.7 Å². The van der Waals surface area contributed by atoms with E-state index in [2.05, 4.69) is 15.1 Å². The number of rotatable bonds is 3. The minimum atomic E-state index is -4.37. The molecule has 3 aromatic rings. The molecule has 0 saturated heterocycles. The molecule has 0 fully saturated rings. The van der Waals surface area contributed by atoms with Crippen molar-refractivity contribution in [3.8, 4) is 0 Å². The highest BCUT2D eigenvalue weighted by Crippen LogP contribution is 2.34. The molecule has 0 amide bonds. The minimum absolute atomic E-state index is 0.142. The van der Waals surface area contributed by atoms with Gasteiger partial charge in [0.2, 0.25) is 5.16 Å². The van der Waals surface area contributed by atoms with Gasteiger partial charge in [-0.2, -0.15) is 18.2 Å². The minimum Gasteiger partial charge on any atom is -0.216 e. The van der Waals surface area contributed by atoms with E-state index in [1.807, 2.05) is 20.8 Å². The molecule has 0 bridgehead atoms. The van der Waals surface area contributed by atoms with E-state index in [1.54, 1.807) is 10.6 Å². The maximum atomic E-state index is 13.0. The van der Waals surface area contributed by atoms with Crippen molar-refractivity contribution in [2.24, 2.45) is 0 Å². The molecular weight excluding hydrogens is 337 g/mol. The summed E-state index contributed by atoms with van der Waals surface area (Å²) in [5, 5.41) is 4.76. The third-order valence-corrected chi connectivity index (χ3v) is 4.81. The first kappa shape index (κ1) is 16.8. The summed E-state index contributed by atoms with van der Waals surface area (Å²) in [6, 6.07) is 5.55. The predicted molar refractivity (Wildman–Crippen MR) is 86.0 cm³/mol. The SMILES string of the molecule is Cc1nc2nc(SCc3ccccc3C(F)(F)F)nn2c(C)c1C. The number of hydrogen-bond donors (Lipinski definition) is 0. The van der Waals surface area contributed by atoms with E-state index in [0.717, 1.165) is 23.0 Å². The van der Waals surface area contributed by atoms with Gasteiger partial charge in [0.1, 0.15) is 0 Å². The molecule has 0 radical (unpaired) electrons. The number of aromatic nitrogens is 4. The van der Waals surface area contributed by atoms with Gasteiger partial charge in [-0.05, 0) is 38.0 Å². The molecule has 0 spiro atoms. The second-order valence-corrected chi connectivity index (χ2v) is 6.40. The lowest BCUT2D eigenvalue weighted by atomic mass is 10.1. The average molecular weight is 352 g/mol. The molecule has 0 saturated carbocycles. The van der Waals surface area contributed by atoms with Crippen LogP contribution in [0.4, 0.5) is 13.2 Å². The van der Waals surface area contributed by atoms with Gasteiger partial charge in [0.25, 0.3) is 5.78 Å². The normalized spacial score (nSPS) is 12.1. The highest BCUT2D eigenvalue weighted by Gasteiger charge is 2.32. The zero-order valence-corrected chi connectivity index (χ0v) is 14.2. The Hall–Kier alpha value is -2.09. The van der Waals surface area contributed by atoms with Crippen LogP contribution < -0.4 is 0 Å². The van der Waals surface area contributed by atoms with Crippen molar-refractivity contribution in [2.45, 2.75) is 37.9 Å². The lowest BCUT2D eigenvalue weighted by Crippen LogP contribution is -2.08. The monoisotopic (exact) mass is 352 g/mol. The summed E-state index contributed by atoms with van der Waals surface area (Å²) >= 11 is 1.17. The average Bonchev–Trinajstić information content (AvgIpc) is 2.93. The van der Waals surface area contributed by atoms with Crippen LogP contribution in [0.1, 0.15) is 28.1 Å². The molecule has 0 aliphatic carbocycles. The van der Waals surface area contributed by atoms with Gasteiger partial charge in [-0.1, -0.05) is 30.0 Å². The summed E-state index contributed by atoms with van der Waals surface area (Å²) in [4.78, 5) is 8.67. The van der Waals surface area contributed by atoms with Gasteiger partial charge in [-0.15, -0.1) is 5.10 Å². The van der Waals surface area contributed by atoms with Crippen molar-refractivity contribution in [3.05, 3.63) is 52.3 Å². The first-order valence-electron chi connectivity index (χ1n) is 7.26. The molecule has 24 heavy (non-hydrogen) atoms. The Morgan fingerprint density at radius 2 is 1.79 bits per heavy atom. The number of nitrogens with zero attached hydrogens (tertiary/aromatic N) is 4. The summed E-state index contributed by atoms with van der Waals surface area (Å²) in [5.41, 5.74) is 2.40. The number of hydrogen-bond acceptors (Lipinski definition) is 4. The van der Waals surface area contributed by atoms with Crippen molar-refractivity contribution < 1.29 is 13.2 Å². The second-order valence-electron chi connectivity index (χ2n) is 5.46. The highest BCUT2D eigenvalue weighted by molar-refractivity contribution is 7.98. The Morgan fingerprint density at radius 1 is 1.08 bits per heavy atom. The Bertz CT molecular complexity index is 902. The number of halogens is 3.